The van der Waals surface area contributed by atoms with E-state index < -0.39 is 38.0 Å². The SMILES string of the molecule is CCOC(=O)CC(O)C(c1c(-c2ccc(F)cc2C)cc(-c2ccccc2)nc1C(C)C)[P+](=O)O. The number of aliphatic hydroxyl groups excluding tert-OH is 1. The topological polar surface area (TPSA) is 96.7 Å². The molecule has 0 fully saturated rings. The smallest absolute Gasteiger partial charge is 0.466 e. The third-order valence-corrected chi connectivity index (χ3v) is 6.84. The fourth-order valence-electron chi connectivity index (χ4n) is 4.19. The molecule has 6 nitrogen and oxygen atoms in total. The molecule has 35 heavy (non-hydrogen) atoms. The number of benzene rings is 2. The summed E-state index contributed by atoms with van der Waals surface area (Å²) >= 11 is 0. The van der Waals surface area contributed by atoms with Crippen LogP contribution in [0.5, 0.6) is 0 Å². The normalized spacial score (nSPS) is 13.4. The van der Waals surface area contributed by atoms with Gasteiger partial charge in [-0.15, -0.1) is 0 Å². The molecule has 1 heterocycles. The Balaban J connectivity index is 2.34. The quantitative estimate of drug-likeness (QED) is 0.274. The van der Waals surface area contributed by atoms with Crippen LogP contribution in [-0.4, -0.2) is 33.7 Å². The molecule has 3 rings (SSSR count). The summed E-state index contributed by atoms with van der Waals surface area (Å²) < 4.78 is 31.6. The summed E-state index contributed by atoms with van der Waals surface area (Å²) in [7, 11) is -2.97. The van der Waals surface area contributed by atoms with Crippen LogP contribution in [0.1, 0.15) is 55.6 Å². The molecule has 0 amide bonds. The molecule has 0 aliphatic carbocycles. The van der Waals surface area contributed by atoms with Gasteiger partial charge in [-0.3, -0.25) is 9.78 Å². The monoisotopic (exact) mass is 498 g/mol. The van der Waals surface area contributed by atoms with Gasteiger partial charge in [0.25, 0.3) is 0 Å². The van der Waals surface area contributed by atoms with Gasteiger partial charge in [-0.1, -0.05) is 50.2 Å². The number of aryl methyl sites for hydroxylation is 1. The molecule has 8 heteroatoms. The summed E-state index contributed by atoms with van der Waals surface area (Å²) in [6, 6.07) is 15.6. The summed E-state index contributed by atoms with van der Waals surface area (Å²) in [5.74, 6) is -1.25. The van der Waals surface area contributed by atoms with Crippen LogP contribution < -0.4 is 0 Å². The van der Waals surface area contributed by atoms with Crippen molar-refractivity contribution in [2.24, 2.45) is 0 Å². The van der Waals surface area contributed by atoms with E-state index in [2.05, 4.69) is 0 Å². The van der Waals surface area contributed by atoms with E-state index in [1.165, 1.54) is 12.1 Å². The van der Waals surface area contributed by atoms with E-state index in [4.69, 9.17) is 9.72 Å². The van der Waals surface area contributed by atoms with Crippen LogP contribution in [0.15, 0.2) is 54.6 Å². The molecule has 184 valence electrons. The predicted octanol–water partition coefficient (Wildman–Crippen LogP) is 6.08. The molecule has 3 aromatic rings. The summed E-state index contributed by atoms with van der Waals surface area (Å²) in [6.07, 6.45) is -1.93. The number of carbonyl (C=O) groups excluding carboxylic acids is 1. The molecule has 0 aliphatic heterocycles. The second-order valence-electron chi connectivity index (χ2n) is 8.66. The molecule has 0 bridgehead atoms. The van der Waals surface area contributed by atoms with Crippen LogP contribution in [-0.2, 0) is 14.1 Å². The van der Waals surface area contributed by atoms with Crippen LogP contribution in [0.4, 0.5) is 4.39 Å². The molecule has 2 aromatic carbocycles. The lowest BCUT2D eigenvalue weighted by Crippen LogP contribution is -2.24. The van der Waals surface area contributed by atoms with Crippen molar-refractivity contribution in [3.63, 3.8) is 0 Å². The maximum Gasteiger partial charge on any atom is 0.516 e. The largest absolute Gasteiger partial charge is 0.516 e. The van der Waals surface area contributed by atoms with E-state index in [1.807, 2.05) is 44.2 Å². The maximum atomic E-state index is 14.0. The fraction of sp³-hybridized carbons (Fsp3) is 0.333. The zero-order valence-corrected chi connectivity index (χ0v) is 21.1. The number of nitrogens with zero attached hydrogens (tertiary/aromatic N) is 1. The first-order valence-corrected chi connectivity index (χ1v) is 12.8. The van der Waals surface area contributed by atoms with Crippen molar-refractivity contribution in [1.29, 1.82) is 0 Å². The number of esters is 1. The molecule has 3 unspecified atom stereocenters. The lowest BCUT2D eigenvalue weighted by atomic mass is 9.87. The number of aliphatic hydroxyl groups is 1. The second kappa shape index (κ2) is 11.6. The minimum atomic E-state index is -2.97. The first-order chi connectivity index (χ1) is 16.6. The Hall–Kier alpha value is -2.99. The lowest BCUT2D eigenvalue weighted by molar-refractivity contribution is -0.145. The lowest BCUT2D eigenvalue weighted by Gasteiger charge is -2.23. The highest BCUT2D eigenvalue weighted by molar-refractivity contribution is 7.38. The average Bonchev–Trinajstić information content (AvgIpc) is 2.79. The highest BCUT2D eigenvalue weighted by Gasteiger charge is 2.44. The van der Waals surface area contributed by atoms with Crippen molar-refractivity contribution in [3.05, 3.63) is 77.2 Å². The highest BCUT2D eigenvalue weighted by Crippen LogP contribution is 2.49. The van der Waals surface area contributed by atoms with E-state index in [0.29, 0.717) is 33.6 Å². The van der Waals surface area contributed by atoms with Crippen LogP contribution in [0, 0.1) is 12.7 Å². The van der Waals surface area contributed by atoms with Crippen LogP contribution in [0.25, 0.3) is 22.4 Å². The fourth-order valence-corrected chi connectivity index (χ4v) is 5.08. The Labute approximate surface area is 205 Å². The van der Waals surface area contributed by atoms with Gasteiger partial charge in [0.05, 0.1) is 24.4 Å². The van der Waals surface area contributed by atoms with Gasteiger partial charge in [0.1, 0.15) is 11.9 Å². The Morgan fingerprint density at radius 1 is 1.11 bits per heavy atom. The number of aromatic nitrogens is 1. The van der Waals surface area contributed by atoms with E-state index in [1.54, 1.807) is 26.0 Å². The first-order valence-electron chi connectivity index (χ1n) is 11.5. The van der Waals surface area contributed by atoms with E-state index in [-0.39, 0.29) is 12.5 Å². The Morgan fingerprint density at radius 2 is 1.80 bits per heavy atom. The highest BCUT2D eigenvalue weighted by atomic mass is 31.1. The summed E-state index contributed by atoms with van der Waals surface area (Å²) in [6.45, 7) is 7.34. The minimum Gasteiger partial charge on any atom is -0.466 e. The Morgan fingerprint density at radius 3 is 2.37 bits per heavy atom. The zero-order valence-electron chi connectivity index (χ0n) is 20.2. The number of halogens is 1. The van der Waals surface area contributed by atoms with Crippen molar-refractivity contribution in [1.82, 2.24) is 4.98 Å². The number of pyridine rings is 1. The second-order valence-corrected chi connectivity index (χ2v) is 9.82. The van der Waals surface area contributed by atoms with Crippen LogP contribution in [0.3, 0.4) is 0 Å². The first kappa shape index (κ1) is 26.6. The summed E-state index contributed by atoms with van der Waals surface area (Å²) in [5, 5.41) is 11.0. The molecule has 3 atom stereocenters. The van der Waals surface area contributed by atoms with Crippen molar-refractivity contribution in [3.8, 4) is 22.4 Å². The van der Waals surface area contributed by atoms with Gasteiger partial charge in [0.2, 0.25) is 5.66 Å². The number of carbonyl (C=O) groups is 1. The Bertz CT molecular complexity index is 1220. The van der Waals surface area contributed by atoms with Gasteiger partial charge < -0.3 is 9.84 Å². The number of rotatable bonds is 9. The number of ether oxygens (including phenoxy) is 1. The third kappa shape index (κ3) is 6.17. The Kier molecular flexibility index (Phi) is 8.84. The van der Waals surface area contributed by atoms with E-state index in [0.717, 1.165) is 5.56 Å². The van der Waals surface area contributed by atoms with Gasteiger partial charge in [0, 0.05) is 11.1 Å². The third-order valence-electron chi connectivity index (χ3n) is 5.76. The van der Waals surface area contributed by atoms with Crippen molar-refractivity contribution in [2.45, 2.75) is 51.8 Å². The number of hydrogen-bond acceptors (Lipinski definition) is 5. The molecular weight excluding hydrogens is 468 g/mol. The van der Waals surface area contributed by atoms with Crippen molar-refractivity contribution >= 4 is 14.0 Å². The van der Waals surface area contributed by atoms with Gasteiger partial charge >= 0.3 is 14.0 Å². The molecule has 0 aliphatic rings. The average molecular weight is 499 g/mol. The van der Waals surface area contributed by atoms with Gasteiger partial charge in [0.15, 0.2) is 0 Å². The summed E-state index contributed by atoms with van der Waals surface area (Å²) in [4.78, 5) is 27.3. The molecule has 1 aromatic heterocycles. The zero-order chi connectivity index (χ0) is 25.7. The molecule has 0 spiro atoms. The van der Waals surface area contributed by atoms with Crippen molar-refractivity contribution < 1.29 is 28.5 Å². The summed E-state index contributed by atoms with van der Waals surface area (Å²) in [5.41, 5.74) is 2.91. The van der Waals surface area contributed by atoms with E-state index in [9.17, 15) is 23.7 Å². The number of hydrogen-bond donors (Lipinski definition) is 2. The van der Waals surface area contributed by atoms with Crippen LogP contribution >= 0.6 is 8.03 Å². The minimum absolute atomic E-state index is 0.131. The molecule has 0 radical (unpaired) electrons. The van der Waals surface area contributed by atoms with Gasteiger partial charge in [-0.2, -0.15) is 4.89 Å². The maximum absolute atomic E-state index is 14.0. The predicted molar refractivity (Wildman–Crippen MR) is 134 cm³/mol. The molecule has 2 N–H and O–H groups in total. The van der Waals surface area contributed by atoms with Crippen molar-refractivity contribution in [2.75, 3.05) is 6.61 Å². The molecule has 0 saturated carbocycles. The molecule has 0 saturated heterocycles. The van der Waals surface area contributed by atoms with Gasteiger partial charge in [-0.05, 0) is 59.2 Å². The molecular formula is C27H30FNO5P+. The van der Waals surface area contributed by atoms with Crippen LogP contribution in [0.2, 0.25) is 0 Å². The van der Waals surface area contributed by atoms with E-state index >= 15 is 0 Å². The standard InChI is InChI=1S/C27H29FNO5P/c1-5-34-24(31)15-23(30)27(35(32)33)25-21(20-12-11-19(28)13-17(20)4)14-22(29-26(25)16(2)3)18-9-7-6-8-10-18/h6-14,16,23,27,30H,5,15H2,1-4H3/p+1. The van der Waals surface area contributed by atoms with Gasteiger partial charge in [-0.25, -0.2) is 4.39 Å².